The molecule has 0 bridgehead atoms. The Hall–Kier alpha value is -0.320. The molecule has 0 aromatic carbocycles. The first-order chi connectivity index (χ1) is 9.20. The van der Waals surface area contributed by atoms with E-state index in [2.05, 4.69) is 38.1 Å². The number of anilines is 1. The van der Waals surface area contributed by atoms with Gasteiger partial charge in [0.1, 0.15) is 5.82 Å². The first-order valence-corrected chi connectivity index (χ1v) is 8.17. The van der Waals surface area contributed by atoms with Gasteiger partial charge in [0.15, 0.2) is 0 Å². The van der Waals surface area contributed by atoms with Crippen molar-refractivity contribution in [3.63, 3.8) is 0 Å². The summed E-state index contributed by atoms with van der Waals surface area (Å²) in [5.41, 5.74) is 0. The molecule has 5 heteroatoms. The second-order valence-electron chi connectivity index (χ2n) is 5.05. The molecule has 1 aromatic heterocycles. The Morgan fingerprint density at radius 1 is 1.53 bits per heavy atom. The maximum absolute atomic E-state index is 5.97. The van der Waals surface area contributed by atoms with E-state index in [0.29, 0.717) is 11.1 Å². The van der Waals surface area contributed by atoms with Crippen LogP contribution in [0.5, 0.6) is 0 Å². The lowest BCUT2D eigenvalue weighted by molar-refractivity contribution is 0.398. The number of hydrogen-bond acceptors (Lipinski definition) is 3. The van der Waals surface area contributed by atoms with Crippen LogP contribution in [0.4, 0.5) is 5.82 Å². The van der Waals surface area contributed by atoms with Gasteiger partial charge in [-0.2, -0.15) is 0 Å². The molecule has 1 fully saturated rings. The fraction of sp³-hybridized carbons (Fsp3) is 0.643. The number of piperidine rings is 1. The molecule has 1 atom stereocenters. The van der Waals surface area contributed by atoms with Crippen LogP contribution in [0.15, 0.2) is 16.7 Å². The Kier molecular flexibility index (Phi) is 5.92. The molecule has 0 saturated carbocycles. The zero-order valence-corrected chi connectivity index (χ0v) is 13.7. The third kappa shape index (κ3) is 4.33. The maximum atomic E-state index is 5.97. The Morgan fingerprint density at radius 2 is 2.37 bits per heavy atom. The first kappa shape index (κ1) is 15.1. The van der Waals surface area contributed by atoms with Gasteiger partial charge in [-0.3, -0.25) is 0 Å². The predicted molar refractivity (Wildman–Crippen MR) is 85.1 cm³/mol. The van der Waals surface area contributed by atoms with Crippen LogP contribution < -0.4 is 10.2 Å². The predicted octanol–water partition coefficient (Wildman–Crippen LogP) is 3.86. The van der Waals surface area contributed by atoms with Gasteiger partial charge in [0.25, 0.3) is 0 Å². The molecule has 19 heavy (non-hydrogen) atoms. The molecule has 1 aliphatic rings. The molecule has 0 amide bonds. The van der Waals surface area contributed by atoms with Crippen molar-refractivity contribution in [3.05, 3.63) is 21.8 Å². The van der Waals surface area contributed by atoms with E-state index in [-0.39, 0.29) is 0 Å². The summed E-state index contributed by atoms with van der Waals surface area (Å²) in [5, 5.41) is 4.27. The monoisotopic (exact) mass is 345 g/mol. The molecule has 1 aliphatic heterocycles. The van der Waals surface area contributed by atoms with Crippen molar-refractivity contribution >= 4 is 33.3 Å². The van der Waals surface area contributed by atoms with E-state index in [1.54, 1.807) is 6.20 Å². The van der Waals surface area contributed by atoms with Crippen molar-refractivity contribution in [3.8, 4) is 0 Å². The summed E-state index contributed by atoms with van der Waals surface area (Å²) in [5.74, 6) is 0.999. The van der Waals surface area contributed by atoms with Crippen LogP contribution in [0.25, 0.3) is 0 Å². The quantitative estimate of drug-likeness (QED) is 0.877. The molecule has 1 saturated heterocycles. The van der Waals surface area contributed by atoms with Crippen LogP contribution in [0.2, 0.25) is 5.02 Å². The molecule has 1 unspecified atom stereocenters. The fourth-order valence-electron chi connectivity index (χ4n) is 2.54. The smallest absolute Gasteiger partial charge is 0.143 e. The van der Waals surface area contributed by atoms with Crippen LogP contribution in [0.3, 0.4) is 0 Å². The third-order valence-electron chi connectivity index (χ3n) is 3.43. The van der Waals surface area contributed by atoms with E-state index in [4.69, 9.17) is 11.6 Å². The standard InChI is InChI=1S/C14H21BrClN3/c1-2-7-19(10-12-5-3-4-6-17-12)14-13(15)8-11(16)9-18-14/h8-9,12,17H,2-7,10H2,1H3. The minimum absolute atomic E-state index is 0.574. The first-order valence-electron chi connectivity index (χ1n) is 7.00. The Bertz CT molecular complexity index is 408. The van der Waals surface area contributed by atoms with Gasteiger partial charge in [0.05, 0.1) is 9.50 Å². The zero-order valence-electron chi connectivity index (χ0n) is 11.3. The Balaban J connectivity index is 2.09. The van der Waals surface area contributed by atoms with Gasteiger partial charge >= 0.3 is 0 Å². The average Bonchev–Trinajstić information content (AvgIpc) is 2.39. The summed E-state index contributed by atoms with van der Waals surface area (Å²) < 4.78 is 0.976. The Labute approximate surface area is 128 Å². The largest absolute Gasteiger partial charge is 0.354 e. The number of halogens is 2. The number of pyridine rings is 1. The molecular weight excluding hydrogens is 326 g/mol. The van der Waals surface area contributed by atoms with E-state index in [1.807, 2.05) is 6.07 Å². The van der Waals surface area contributed by atoms with Gasteiger partial charge in [-0.1, -0.05) is 24.9 Å². The van der Waals surface area contributed by atoms with E-state index in [9.17, 15) is 0 Å². The number of aromatic nitrogens is 1. The lowest BCUT2D eigenvalue weighted by Gasteiger charge is -2.31. The summed E-state index contributed by atoms with van der Waals surface area (Å²) in [7, 11) is 0. The topological polar surface area (TPSA) is 28.2 Å². The molecular formula is C14H21BrClN3. The fourth-order valence-corrected chi connectivity index (χ4v) is 3.43. The highest BCUT2D eigenvalue weighted by molar-refractivity contribution is 9.10. The van der Waals surface area contributed by atoms with Gasteiger partial charge in [-0.25, -0.2) is 4.98 Å². The minimum Gasteiger partial charge on any atom is -0.354 e. The van der Waals surface area contributed by atoms with Crippen molar-refractivity contribution in [2.24, 2.45) is 0 Å². The summed E-state index contributed by atoms with van der Waals surface area (Å²) in [6.07, 6.45) is 6.72. The molecule has 3 nitrogen and oxygen atoms in total. The van der Waals surface area contributed by atoms with Crippen molar-refractivity contribution in [1.82, 2.24) is 10.3 Å². The van der Waals surface area contributed by atoms with Crippen molar-refractivity contribution < 1.29 is 0 Å². The third-order valence-corrected chi connectivity index (χ3v) is 4.22. The molecule has 0 spiro atoms. The summed E-state index contributed by atoms with van der Waals surface area (Å²) in [6.45, 7) is 5.37. The lowest BCUT2D eigenvalue weighted by atomic mass is 10.0. The van der Waals surface area contributed by atoms with Gasteiger partial charge in [-0.05, 0) is 47.8 Å². The zero-order chi connectivity index (χ0) is 13.7. The van der Waals surface area contributed by atoms with Crippen molar-refractivity contribution in [2.45, 2.75) is 38.6 Å². The van der Waals surface area contributed by atoms with E-state index >= 15 is 0 Å². The second-order valence-corrected chi connectivity index (χ2v) is 6.34. The molecule has 1 N–H and O–H groups in total. The highest BCUT2D eigenvalue weighted by Gasteiger charge is 2.18. The van der Waals surface area contributed by atoms with Crippen LogP contribution >= 0.6 is 27.5 Å². The van der Waals surface area contributed by atoms with Gasteiger partial charge in [-0.15, -0.1) is 0 Å². The number of rotatable bonds is 5. The van der Waals surface area contributed by atoms with Gasteiger partial charge in [0.2, 0.25) is 0 Å². The molecule has 2 rings (SSSR count). The molecule has 0 aliphatic carbocycles. The van der Waals surface area contributed by atoms with E-state index in [1.165, 1.54) is 19.3 Å². The van der Waals surface area contributed by atoms with E-state index < -0.39 is 0 Å². The molecule has 1 aromatic rings. The van der Waals surface area contributed by atoms with Gasteiger partial charge in [0, 0.05) is 25.3 Å². The molecule has 2 heterocycles. The van der Waals surface area contributed by atoms with Crippen LogP contribution in [0, 0.1) is 0 Å². The van der Waals surface area contributed by atoms with Gasteiger partial charge < -0.3 is 10.2 Å². The maximum Gasteiger partial charge on any atom is 0.143 e. The lowest BCUT2D eigenvalue weighted by Crippen LogP contribution is -2.44. The number of nitrogens with one attached hydrogen (secondary N) is 1. The van der Waals surface area contributed by atoms with Crippen LogP contribution in [0.1, 0.15) is 32.6 Å². The normalized spacial score (nSPS) is 19.4. The van der Waals surface area contributed by atoms with Crippen molar-refractivity contribution in [2.75, 3.05) is 24.5 Å². The molecule has 106 valence electrons. The minimum atomic E-state index is 0.574. The van der Waals surface area contributed by atoms with Crippen LogP contribution in [-0.2, 0) is 0 Å². The number of nitrogens with zero attached hydrogens (tertiary/aromatic N) is 2. The highest BCUT2D eigenvalue weighted by Crippen LogP contribution is 2.27. The average molecular weight is 347 g/mol. The Morgan fingerprint density at radius 3 is 3.00 bits per heavy atom. The highest BCUT2D eigenvalue weighted by atomic mass is 79.9. The van der Waals surface area contributed by atoms with Crippen molar-refractivity contribution in [1.29, 1.82) is 0 Å². The summed E-state index contributed by atoms with van der Waals surface area (Å²) in [6, 6.07) is 2.49. The second kappa shape index (κ2) is 7.46. The molecule has 0 radical (unpaired) electrons. The number of hydrogen-bond donors (Lipinski definition) is 1. The SMILES string of the molecule is CCCN(CC1CCCCN1)c1ncc(Cl)cc1Br. The summed E-state index contributed by atoms with van der Waals surface area (Å²) in [4.78, 5) is 6.83. The van der Waals surface area contributed by atoms with Crippen LogP contribution in [-0.4, -0.2) is 30.7 Å². The van der Waals surface area contributed by atoms with E-state index in [0.717, 1.165) is 36.3 Å². The summed E-state index contributed by atoms with van der Waals surface area (Å²) >= 11 is 9.54.